The monoisotopic (exact) mass is 349 g/mol. The van der Waals surface area contributed by atoms with Crippen molar-refractivity contribution in [3.05, 3.63) is 54.1 Å². The molecular weight excluding hydrogens is 330 g/mol. The average molecular weight is 349 g/mol. The van der Waals surface area contributed by atoms with Crippen molar-refractivity contribution >= 4 is 23.2 Å². The van der Waals surface area contributed by atoms with Gasteiger partial charge in [0.05, 0.1) is 31.2 Å². The molecule has 1 N–H and O–H groups in total. The van der Waals surface area contributed by atoms with Crippen molar-refractivity contribution in [1.82, 2.24) is 0 Å². The molecule has 0 aromatic heterocycles. The van der Waals surface area contributed by atoms with Gasteiger partial charge in [-0.05, 0) is 29.8 Å². The van der Waals surface area contributed by atoms with E-state index in [0.717, 1.165) is 5.56 Å². The highest BCUT2D eigenvalue weighted by atomic mass is 16.5. The summed E-state index contributed by atoms with van der Waals surface area (Å²) in [5.74, 6) is -0.107. The fourth-order valence-electron chi connectivity index (χ4n) is 3.01. The van der Waals surface area contributed by atoms with Crippen LogP contribution in [0.3, 0.4) is 0 Å². The van der Waals surface area contributed by atoms with Crippen LogP contribution in [0.1, 0.15) is 12.0 Å². The third kappa shape index (κ3) is 3.67. The molecule has 26 heavy (non-hydrogen) atoms. The van der Waals surface area contributed by atoms with Crippen molar-refractivity contribution in [1.29, 1.82) is 5.26 Å². The number of nitrogens with one attached hydrogen (secondary N) is 1. The first-order valence-corrected chi connectivity index (χ1v) is 8.32. The maximum atomic E-state index is 12.5. The van der Waals surface area contributed by atoms with Gasteiger partial charge in [-0.1, -0.05) is 24.3 Å². The van der Waals surface area contributed by atoms with Gasteiger partial charge < -0.3 is 15.0 Å². The molecule has 0 unspecified atom stereocenters. The summed E-state index contributed by atoms with van der Waals surface area (Å²) >= 11 is 0. The van der Waals surface area contributed by atoms with E-state index in [1.165, 1.54) is 0 Å². The molecule has 0 spiro atoms. The number of nitrogens with zero attached hydrogens (tertiary/aromatic N) is 2. The molecule has 2 aromatic carbocycles. The number of rotatable bonds is 5. The van der Waals surface area contributed by atoms with Crippen molar-refractivity contribution in [2.24, 2.45) is 5.92 Å². The minimum absolute atomic E-state index is 0.0981. The summed E-state index contributed by atoms with van der Waals surface area (Å²) in [4.78, 5) is 26.5. The van der Waals surface area contributed by atoms with E-state index < -0.39 is 5.92 Å². The Hall–Kier alpha value is -3.33. The Kier molecular flexibility index (Phi) is 5.18. The number of para-hydroxylation sites is 2. The second kappa shape index (κ2) is 7.70. The maximum absolute atomic E-state index is 12.5. The predicted molar refractivity (Wildman–Crippen MR) is 97.8 cm³/mol. The van der Waals surface area contributed by atoms with Gasteiger partial charge in [-0.2, -0.15) is 5.26 Å². The van der Waals surface area contributed by atoms with Gasteiger partial charge >= 0.3 is 0 Å². The summed E-state index contributed by atoms with van der Waals surface area (Å²) in [5.41, 5.74) is 2.22. The minimum Gasteiger partial charge on any atom is -0.495 e. The van der Waals surface area contributed by atoms with Crippen LogP contribution in [0.5, 0.6) is 5.75 Å². The zero-order valence-electron chi connectivity index (χ0n) is 14.4. The fourth-order valence-corrected chi connectivity index (χ4v) is 3.01. The molecule has 132 valence electrons. The highest BCUT2D eigenvalue weighted by molar-refractivity contribution is 6.04. The molecule has 2 aromatic rings. The molecule has 0 aliphatic carbocycles. The highest BCUT2D eigenvalue weighted by Crippen LogP contribution is 2.33. The molecule has 1 heterocycles. The molecule has 1 aliphatic heterocycles. The van der Waals surface area contributed by atoms with Crippen molar-refractivity contribution in [3.63, 3.8) is 0 Å². The summed E-state index contributed by atoms with van der Waals surface area (Å²) in [6.45, 7) is 0.317. The van der Waals surface area contributed by atoms with Crippen LogP contribution in [-0.4, -0.2) is 25.5 Å². The Morgan fingerprint density at radius 3 is 2.69 bits per heavy atom. The molecule has 6 nitrogen and oxygen atoms in total. The van der Waals surface area contributed by atoms with Crippen molar-refractivity contribution in [3.8, 4) is 11.8 Å². The molecule has 3 rings (SSSR count). The Labute approximate surface area is 152 Å². The normalized spacial score (nSPS) is 16.2. The number of nitriles is 1. The third-order valence-electron chi connectivity index (χ3n) is 4.38. The van der Waals surface area contributed by atoms with E-state index in [-0.39, 0.29) is 18.2 Å². The van der Waals surface area contributed by atoms with E-state index in [1.807, 2.05) is 18.2 Å². The SMILES string of the molecule is COc1ccccc1N1C[C@@H](C(=O)Nc2ccc(CC#N)cc2)CC1=O. The van der Waals surface area contributed by atoms with E-state index in [1.54, 1.807) is 42.3 Å². The predicted octanol–water partition coefficient (Wildman–Crippen LogP) is 2.75. The van der Waals surface area contributed by atoms with Crippen LogP contribution in [0.2, 0.25) is 0 Å². The topological polar surface area (TPSA) is 82.4 Å². The van der Waals surface area contributed by atoms with Crippen LogP contribution < -0.4 is 15.0 Å². The summed E-state index contributed by atoms with van der Waals surface area (Å²) in [5, 5.41) is 11.5. The summed E-state index contributed by atoms with van der Waals surface area (Å²) in [7, 11) is 1.56. The lowest BCUT2D eigenvalue weighted by Gasteiger charge is -2.19. The van der Waals surface area contributed by atoms with Gasteiger partial charge in [0, 0.05) is 18.7 Å². The largest absolute Gasteiger partial charge is 0.495 e. The highest BCUT2D eigenvalue weighted by Gasteiger charge is 2.36. The Morgan fingerprint density at radius 2 is 2.00 bits per heavy atom. The van der Waals surface area contributed by atoms with Crippen molar-refractivity contribution < 1.29 is 14.3 Å². The molecule has 1 aliphatic rings. The second-order valence-corrected chi connectivity index (χ2v) is 6.10. The van der Waals surface area contributed by atoms with Gasteiger partial charge in [0.1, 0.15) is 5.75 Å². The molecule has 0 saturated carbocycles. The van der Waals surface area contributed by atoms with Gasteiger partial charge in [0.15, 0.2) is 0 Å². The molecule has 2 amide bonds. The molecule has 6 heteroatoms. The number of methoxy groups -OCH3 is 1. The molecule has 1 atom stereocenters. The summed E-state index contributed by atoms with van der Waals surface area (Å²) in [6, 6.07) is 16.5. The Morgan fingerprint density at radius 1 is 1.27 bits per heavy atom. The Bertz CT molecular complexity index is 855. The molecule has 1 saturated heterocycles. The molecule has 0 bridgehead atoms. The van der Waals surface area contributed by atoms with Gasteiger partial charge in [-0.3, -0.25) is 9.59 Å². The number of benzene rings is 2. The Balaban J connectivity index is 1.68. The average Bonchev–Trinajstić information content (AvgIpc) is 3.05. The zero-order chi connectivity index (χ0) is 18.5. The quantitative estimate of drug-likeness (QED) is 0.900. The van der Waals surface area contributed by atoms with Crippen LogP contribution >= 0.6 is 0 Å². The van der Waals surface area contributed by atoms with Crippen LogP contribution in [0, 0.1) is 17.2 Å². The van der Waals surface area contributed by atoms with E-state index in [0.29, 0.717) is 30.1 Å². The molecular formula is C20H19N3O3. The lowest BCUT2D eigenvalue weighted by atomic mass is 10.1. The van der Waals surface area contributed by atoms with Crippen LogP contribution in [0.15, 0.2) is 48.5 Å². The maximum Gasteiger partial charge on any atom is 0.229 e. The van der Waals surface area contributed by atoms with Gasteiger partial charge in [-0.15, -0.1) is 0 Å². The van der Waals surface area contributed by atoms with E-state index in [2.05, 4.69) is 11.4 Å². The zero-order valence-corrected chi connectivity index (χ0v) is 14.4. The standard InChI is InChI=1S/C20H19N3O3/c1-26-18-5-3-2-4-17(18)23-13-15(12-19(23)24)20(25)22-16-8-6-14(7-9-16)10-11-21/h2-9,15H,10,12-13H2,1H3,(H,22,25)/t15-/m0/s1. The first-order valence-electron chi connectivity index (χ1n) is 8.32. The van der Waals surface area contributed by atoms with Gasteiger partial charge in [0.2, 0.25) is 11.8 Å². The number of carbonyl (C=O) groups excluding carboxylic acids is 2. The minimum atomic E-state index is -0.425. The van der Waals surface area contributed by atoms with Crippen LogP contribution in [0.4, 0.5) is 11.4 Å². The van der Waals surface area contributed by atoms with E-state index in [4.69, 9.17) is 10.00 Å². The summed E-state index contributed by atoms with van der Waals surface area (Å²) < 4.78 is 5.31. The number of hydrogen-bond acceptors (Lipinski definition) is 4. The van der Waals surface area contributed by atoms with Gasteiger partial charge in [0.25, 0.3) is 0 Å². The number of hydrogen-bond donors (Lipinski definition) is 1. The molecule has 0 radical (unpaired) electrons. The van der Waals surface area contributed by atoms with E-state index >= 15 is 0 Å². The lowest BCUT2D eigenvalue weighted by Crippen LogP contribution is -2.28. The number of anilines is 2. The number of carbonyl (C=O) groups is 2. The fraction of sp³-hybridized carbons (Fsp3) is 0.250. The third-order valence-corrected chi connectivity index (χ3v) is 4.38. The number of amides is 2. The van der Waals surface area contributed by atoms with Crippen LogP contribution in [0.25, 0.3) is 0 Å². The van der Waals surface area contributed by atoms with Crippen molar-refractivity contribution in [2.45, 2.75) is 12.8 Å². The summed E-state index contributed by atoms with van der Waals surface area (Å²) in [6.07, 6.45) is 0.496. The van der Waals surface area contributed by atoms with Crippen molar-refractivity contribution in [2.75, 3.05) is 23.9 Å². The lowest BCUT2D eigenvalue weighted by molar-refractivity contribution is -0.122. The second-order valence-electron chi connectivity index (χ2n) is 6.10. The smallest absolute Gasteiger partial charge is 0.229 e. The van der Waals surface area contributed by atoms with E-state index in [9.17, 15) is 9.59 Å². The number of ether oxygens (including phenoxy) is 1. The first kappa shape index (κ1) is 17.5. The molecule has 1 fully saturated rings. The van der Waals surface area contributed by atoms with Gasteiger partial charge in [-0.25, -0.2) is 0 Å². The van der Waals surface area contributed by atoms with Crippen LogP contribution in [-0.2, 0) is 16.0 Å². The first-order chi connectivity index (χ1) is 12.6.